The van der Waals surface area contributed by atoms with E-state index in [0.29, 0.717) is 38.6 Å². The zero-order valence-corrected chi connectivity index (χ0v) is 40.2. The van der Waals surface area contributed by atoms with Gasteiger partial charge in [-0.2, -0.15) is 26.3 Å². The van der Waals surface area contributed by atoms with Crippen molar-refractivity contribution in [2.24, 2.45) is 0 Å². The van der Waals surface area contributed by atoms with Gasteiger partial charge in [-0.1, -0.05) is 83.9 Å². The number of hydrogen-bond donors (Lipinski definition) is 0. The second-order valence-corrected chi connectivity index (χ2v) is 17.4. The van der Waals surface area contributed by atoms with Gasteiger partial charge in [0, 0.05) is 32.7 Å². The Kier molecular flexibility index (Phi) is 15.0. The van der Waals surface area contributed by atoms with Gasteiger partial charge in [0.25, 0.3) is 11.8 Å². The van der Waals surface area contributed by atoms with Crippen molar-refractivity contribution in [3.05, 3.63) is 128 Å². The van der Waals surface area contributed by atoms with Crippen LogP contribution in [0.2, 0.25) is 10.0 Å². The van der Waals surface area contributed by atoms with E-state index in [1.165, 1.54) is 34.1 Å². The van der Waals surface area contributed by atoms with E-state index in [1.807, 2.05) is 0 Å². The third kappa shape index (κ3) is 10.5. The van der Waals surface area contributed by atoms with Gasteiger partial charge >= 0.3 is 24.3 Å². The largest absolute Gasteiger partial charge is 0.493 e. The molecule has 0 N–H and O–H groups in total. The molecule has 1 atom stereocenters. The molecule has 1 unspecified atom stereocenters. The summed E-state index contributed by atoms with van der Waals surface area (Å²) in [6.07, 6.45) is -9.68. The zero-order valence-electron chi connectivity index (χ0n) is 38.7. The molecule has 0 bridgehead atoms. The van der Waals surface area contributed by atoms with Gasteiger partial charge in [0.2, 0.25) is 0 Å². The SMILES string of the molecule is CCOC(=O)C(CCOC(=O)Cc1ccc(N2Cc3c(c(OCC(F)(F)F)c4ccccc4c3OCC)C2=O)c(Cl)c1)c1ccc(N2Cc3c(c(OCC)c4ccccc4c3OCC(F)(F)F)C2=O)c(Cl)c1. The molecule has 8 rings (SSSR count). The summed E-state index contributed by atoms with van der Waals surface area (Å²) in [5, 5.41) is 1.53. The molecule has 12 nitrogen and oxygen atoms in total. The maximum absolute atomic E-state index is 14.2. The molecular weight excluding hydrogens is 997 g/mol. The summed E-state index contributed by atoms with van der Waals surface area (Å²) in [6.45, 7) is 1.67. The van der Waals surface area contributed by atoms with Crippen molar-refractivity contribution in [1.29, 1.82) is 0 Å². The van der Waals surface area contributed by atoms with Crippen LogP contribution in [0.25, 0.3) is 21.5 Å². The van der Waals surface area contributed by atoms with E-state index in [4.69, 9.17) is 51.6 Å². The topological polar surface area (TPSA) is 130 Å². The summed E-state index contributed by atoms with van der Waals surface area (Å²) in [4.78, 5) is 57.4. The number of carbonyl (C=O) groups excluding carboxylic acids is 4. The Morgan fingerprint density at radius 1 is 0.597 bits per heavy atom. The average molecular weight is 1040 g/mol. The van der Waals surface area contributed by atoms with E-state index in [9.17, 15) is 45.5 Å². The second kappa shape index (κ2) is 21.0. The molecule has 6 aromatic carbocycles. The molecule has 0 saturated heterocycles. The van der Waals surface area contributed by atoms with Crippen LogP contribution in [0.3, 0.4) is 0 Å². The molecule has 0 saturated carbocycles. The number of benzene rings is 6. The number of ether oxygens (including phenoxy) is 6. The first-order valence-corrected chi connectivity index (χ1v) is 23.4. The van der Waals surface area contributed by atoms with Gasteiger partial charge in [-0.15, -0.1) is 0 Å². The summed E-state index contributed by atoms with van der Waals surface area (Å²) in [5.74, 6) is -3.43. The molecule has 0 aliphatic carbocycles. The first-order chi connectivity index (χ1) is 34.3. The number of fused-ring (bicyclic) bond motifs is 4. The number of alkyl halides is 6. The summed E-state index contributed by atoms with van der Waals surface area (Å²) in [7, 11) is 0. The fourth-order valence-corrected chi connectivity index (χ4v) is 9.56. The third-order valence-corrected chi connectivity index (χ3v) is 12.5. The minimum absolute atomic E-state index is 0.0263. The van der Waals surface area contributed by atoms with Crippen molar-refractivity contribution in [1.82, 2.24) is 0 Å². The Bertz CT molecular complexity index is 3110. The monoisotopic (exact) mass is 1040 g/mol. The average Bonchev–Trinajstić information content (AvgIpc) is 3.85. The zero-order chi connectivity index (χ0) is 51.6. The van der Waals surface area contributed by atoms with Gasteiger partial charge in [-0.3, -0.25) is 19.2 Å². The van der Waals surface area contributed by atoms with Crippen LogP contribution >= 0.6 is 23.2 Å². The number of nitrogens with zero attached hydrogens (tertiary/aromatic N) is 2. The Labute approximate surface area is 418 Å². The first kappa shape index (κ1) is 51.4. The molecule has 2 aliphatic heterocycles. The van der Waals surface area contributed by atoms with E-state index in [0.717, 1.165) is 0 Å². The van der Waals surface area contributed by atoms with E-state index >= 15 is 0 Å². The van der Waals surface area contributed by atoms with Crippen LogP contribution in [0.4, 0.5) is 37.7 Å². The fourth-order valence-electron chi connectivity index (χ4n) is 8.96. The number of hydrogen-bond acceptors (Lipinski definition) is 10. The number of rotatable bonds is 18. The molecule has 2 amide bonds. The van der Waals surface area contributed by atoms with Gasteiger partial charge in [-0.25, -0.2) is 0 Å². The summed E-state index contributed by atoms with van der Waals surface area (Å²) in [5.41, 5.74) is 1.62. The molecule has 20 heteroatoms. The lowest BCUT2D eigenvalue weighted by Gasteiger charge is -2.21. The van der Waals surface area contributed by atoms with Crippen molar-refractivity contribution >= 4 is 79.9 Å². The highest BCUT2D eigenvalue weighted by atomic mass is 35.5. The Hall–Kier alpha value is -6.92. The van der Waals surface area contributed by atoms with Gasteiger partial charge in [-0.05, 0) is 62.6 Å². The lowest BCUT2D eigenvalue weighted by molar-refractivity contribution is -0.154. The maximum atomic E-state index is 14.2. The van der Waals surface area contributed by atoms with E-state index < -0.39 is 55.2 Å². The Morgan fingerprint density at radius 2 is 1.06 bits per heavy atom. The fraction of sp³-hybridized carbons (Fsp3) is 0.308. The number of carbonyl (C=O) groups is 4. The van der Waals surface area contributed by atoms with Crippen LogP contribution in [0.15, 0.2) is 84.9 Å². The Morgan fingerprint density at radius 3 is 1.54 bits per heavy atom. The molecule has 0 fully saturated rings. The third-order valence-electron chi connectivity index (χ3n) is 11.9. The normalized spacial score (nSPS) is 13.9. The highest BCUT2D eigenvalue weighted by Gasteiger charge is 2.41. The molecule has 0 radical (unpaired) electrons. The maximum Gasteiger partial charge on any atom is 0.422 e. The van der Waals surface area contributed by atoms with Gasteiger partial charge < -0.3 is 38.2 Å². The van der Waals surface area contributed by atoms with Crippen molar-refractivity contribution < 1.29 is 73.9 Å². The predicted octanol–water partition coefficient (Wildman–Crippen LogP) is 12.1. The highest BCUT2D eigenvalue weighted by Crippen LogP contribution is 2.49. The van der Waals surface area contributed by atoms with Crippen molar-refractivity contribution in [2.75, 3.05) is 49.4 Å². The van der Waals surface area contributed by atoms with Crippen molar-refractivity contribution in [3.63, 3.8) is 0 Å². The van der Waals surface area contributed by atoms with Crippen LogP contribution in [0.5, 0.6) is 23.0 Å². The lowest BCUT2D eigenvalue weighted by Crippen LogP contribution is -2.24. The van der Waals surface area contributed by atoms with Gasteiger partial charge in [0.05, 0.1) is 84.4 Å². The molecule has 72 heavy (non-hydrogen) atoms. The quantitative estimate of drug-likeness (QED) is 0.0606. The van der Waals surface area contributed by atoms with Crippen LogP contribution in [-0.4, -0.2) is 75.7 Å². The van der Waals surface area contributed by atoms with Gasteiger partial charge in [0.1, 0.15) is 23.0 Å². The predicted molar refractivity (Wildman–Crippen MR) is 256 cm³/mol. The summed E-state index contributed by atoms with van der Waals surface area (Å²) < 4.78 is 114. The van der Waals surface area contributed by atoms with Crippen LogP contribution in [0.1, 0.15) is 76.1 Å². The molecular formula is C52H44Cl2F6N2O10. The number of amides is 2. The number of anilines is 2. The minimum atomic E-state index is -4.68. The summed E-state index contributed by atoms with van der Waals surface area (Å²) in [6, 6.07) is 22.1. The molecule has 2 heterocycles. The van der Waals surface area contributed by atoms with Gasteiger partial charge in [0.15, 0.2) is 13.2 Å². The lowest BCUT2D eigenvalue weighted by atomic mass is 9.95. The summed E-state index contributed by atoms with van der Waals surface area (Å²) >= 11 is 13.6. The first-order valence-electron chi connectivity index (χ1n) is 22.7. The van der Waals surface area contributed by atoms with Crippen LogP contribution < -0.4 is 28.7 Å². The van der Waals surface area contributed by atoms with Crippen LogP contribution in [0, 0.1) is 0 Å². The molecule has 2 aliphatic rings. The Balaban J connectivity index is 0.965. The molecule has 0 aromatic heterocycles. The minimum Gasteiger partial charge on any atom is -0.493 e. The molecule has 0 spiro atoms. The smallest absolute Gasteiger partial charge is 0.422 e. The number of halogens is 8. The second-order valence-electron chi connectivity index (χ2n) is 16.6. The molecule has 6 aromatic rings. The standard InChI is InChI=1S/C52H44Cl2F6N2O10/c1-4-67-44-31-11-7-10-14-34(31)47(72-27-52(58,59)60)43-35(44)24-61(49(43)65)39-17-15-28(21-37(39)53)22-41(63)70-20-19-30(50(66)69-6-3)29-16-18-40(38(54)23-29)62-25-36-42(48(62)64)46(68-5-2)33-13-9-8-12-32(33)45(36)71-26-51(55,56)57/h7-18,21,23,30H,4-6,19-20,22,24-27H2,1-3H3. The van der Waals surface area contributed by atoms with E-state index in [-0.39, 0.29) is 113 Å². The molecule has 378 valence electrons. The highest BCUT2D eigenvalue weighted by molar-refractivity contribution is 6.35. The van der Waals surface area contributed by atoms with Crippen molar-refractivity contribution in [2.45, 2.75) is 65.0 Å². The number of esters is 2. The van der Waals surface area contributed by atoms with Crippen LogP contribution in [-0.2, 0) is 38.6 Å². The van der Waals surface area contributed by atoms with Crippen molar-refractivity contribution in [3.8, 4) is 23.0 Å². The van der Waals surface area contributed by atoms with E-state index in [2.05, 4.69) is 0 Å². The van der Waals surface area contributed by atoms with E-state index in [1.54, 1.807) is 81.4 Å².